The molecule has 0 radical (unpaired) electrons. The molecular weight excluding hydrogens is 236 g/mol. The molecular formula is C9H13BrOS. The number of halogens is 1. The average molecular weight is 249 g/mol. The van der Waals surface area contributed by atoms with E-state index in [9.17, 15) is 0 Å². The van der Waals surface area contributed by atoms with Gasteiger partial charge in [-0.15, -0.1) is 11.3 Å². The zero-order valence-corrected chi connectivity index (χ0v) is 9.74. The van der Waals surface area contributed by atoms with Crippen molar-refractivity contribution in [2.24, 2.45) is 0 Å². The quantitative estimate of drug-likeness (QED) is 0.788. The van der Waals surface area contributed by atoms with E-state index in [1.165, 1.54) is 4.88 Å². The molecule has 0 saturated carbocycles. The normalized spacial score (nSPS) is 13.2. The summed E-state index contributed by atoms with van der Waals surface area (Å²) in [6, 6.07) is 2.10. The number of thiophene rings is 1. The molecule has 0 amide bonds. The van der Waals surface area contributed by atoms with Gasteiger partial charge in [0.15, 0.2) is 0 Å². The van der Waals surface area contributed by atoms with E-state index < -0.39 is 0 Å². The molecule has 1 rings (SSSR count). The molecule has 1 heterocycles. The molecule has 0 aliphatic heterocycles. The fourth-order valence-corrected chi connectivity index (χ4v) is 2.14. The van der Waals surface area contributed by atoms with Crippen molar-refractivity contribution >= 4 is 27.3 Å². The van der Waals surface area contributed by atoms with Crippen molar-refractivity contribution in [3.8, 4) is 0 Å². The lowest BCUT2D eigenvalue weighted by Crippen LogP contribution is -2.04. The molecule has 68 valence electrons. The third kappa shape index (κ3) is 3.25. The molecule has 0 spiro atoms. The van der Waals surface area contributed by atoms with Crippen molar-refractivity contribution in [1.82, 2.24) is 0 Å². The standard InChI is InChI=1S/C9H13BrOS/c1-3-7(2)11-5-9-4-8(10)6-12-9/h4,6-7H,3,5H2,1-2H3. The first-order chi connectivity index (χ1) is 5.72. The molecule has 0 saturated heterocycles. The molecule has 1 unspecified atom stereocenters. The molecule has 0 aliphatic carbocycles. The molecule has 1 nitrogen and oxygen atoms in total. The van der Waals surface area contributed by atoms with Crippen LogP contribution in [-0.4, -0.2) is 6.10 Å². The lowest BCUT2D eigenvalue weighted by atomic mass is 10.3. The Hall–Kier alpha value is 0.140. The van der Waals surface area contributed by atoms with Crippen molar-refractivity contribution in [2.75, 3.05) is 0 Å². The van der Waals surface area contributed by atoms with Crippen LogP contribution >= 0.6 is 27.3 Å². The van der Waals surface area contributed by atoms with Gasteiger partial charge in [-0.25, -0.2) is 0 Å². The molecule has 12 heavy (non-hydrogen) atoms. The van der Waals surface area contributed by atoms with Crippen molar-refractivity contribution in [1.29, 1.82) is 0 Å². The summed E-state index contributed by atoms with van der Waals surface area (Å²) in [6.45, 7) is 4.98. The zero-order chi connectivity index (χ0) is 8.97. The summed E-state index contributed by atoms with van der Waals surface area (Å²) >= 11 is 5.14. The molecule has 3 heteroatoms. The summed E-state index contributed by atoms with van der Waals surface area (Å²) in [4.78, 5) is 1.28. The van der Waals surface area contributed by atoms with Crippen molar-refractivity contribution in [2.45, 2.75) is 33.0 Å². The predicted octanol–water partition coefficient (Wildman–Crippen LogP) is 3.83. The molecule has 0 N–H and O–H groups in total. The Kier molecular flexibility index (Phi) is 4.26. The van der Waals surface area contributed by atoms with Crippen LogP contribution in [0.3, 0.4) is 0 Å². The molecule has 1 aromatic heterocycles. The largest absolute Gasteiger partial charge is 0.373 e. The highest BCUT2D eigenvalue weighted by Crippen LogP contribution is 2.20. The van der Waals surface area contributed by atoms with Gasteiger partial charge in [-0.05, 0) is 35.3 Å². The van der Waals surface area contributed by atoms with Gasteiger partial charge in [0.25, 0.3) is 0 Å². The topological polar surface area (TPSA) is 9.23 Å². The van der Waals surface area contributed by atoms with Crippen LogP contribution in [0.15, 0.2) is 15.9 Å². The minimum Gasteiger partial charge on any atom is -0.373 e. The molecule has 1 atom stereocenters. The van der Waals surface area contributed by atoms with Crippen LogP contribution < -0.4 is 0 Å². The smallest absolute Gasteiger partial charge is 0.0813 e. The summed E-state index contributed by atoms with van der Waals surface area (Å²) in [5, 5.41) is 2.08. The van der Waals surface area contributed by atoms with Crippen LogP contribution in [0, 0.1) is 0 Å². The van der Waals surface area contributed by atoms with E-state index in [2.05, 4.69) is 41.2 Å². The number of hydrogen-bond acceptors (Lipinski definition) is 2. The van der Waals surface area contributed by atoms with Gasteiger partial charge < -0.3 is 4.74 Å². The fraction of sp³-hybridized carbons (Fsp3) is 0.556. The Morgan fingerprint density at radius 3 is 2.92 bits per heavy atom. The average Bonchev–Trinajstić information content (AvgIpc) is 2.47. The SMILES string of the molecule is CCC(C)OCc1cc(Br)cs1. The molecule has 0 bridgehead atoms. The predicted molar refractivity (Wildman–Crippen MR) is 56.6 cm³/mol. The first kappa shape index (κ1) is 10.2. The summed E-state index contributed by atoms with van der Waals surface area (Å²) in [6.07, 6.45) is 1.44. The van der Waals surface area contributed by atoms with E-state index in [1.807, 2.05) is 0 Å². The number of hydrogen-bond donors (Lipinski definition) is 0. The van der Waals surface area contributed by atoms with E-state index in [0.29, 0.717) is 6.10 Å². The Labute approximate surface area is 85.9 Å². The number of rotatable bonds is 4. The summed E-state index contributed by atoms with van der Waals surface area (Å²) in [5.74, 6) is 0. The Bertz CT molecular complexity index is 234. The van der Waals surface area contributed by atoms with Gasteiger partial charge in [0, 0.05) is 14.7 Å². The lowest BCUT2D eigenvalue weighted by Gasteiger charge is -2.08. The van der Waals surface area contributed by atoms with Crippen LogP contribution in [-0.2, 0) is 11.3 Å². The minimum absolute atomic E-state index is 0.367. The zero-order valence-electron chi connectivity index (χ0n) is 7.34. The van der Waals surface area contributed by atoms with Gasteiger partial charge in [-0.2, -0.15) is 0 Å². The Morgan fingerprint density at radius 1 is 1.67 bits per heavy atom. The summed E-state index contributed by atoms with van der Waals surface area (Å²) in [7, 11) is 0. The third-order valence-electron chi connectivity index (χ3n) is 1.71. The molecule has 1 aromatic rings. The van der Waals surface area contributed by atoms with Gasteiger partial charge in [0.1, 0.15) is 0 Å². The Morgan fingerprint density at radius 2 is 2.42 bits per heavy atom. The van der Waals surface area contributed by atoms with Gasteiger partial charge in [-0.3, -0.25) is 0 Å². The second-order valence-electron chi connectivity index (χ2n) is 2.76. The van der Waals surface area contributed by atoms with Crippen LogP contribution in [0.25, 0.3) is 0 Å². The van der Waals surface area contributed by atoms with E-state index in [1.54, 1.807) is 11.3 Å². The summed E-state index contributed by atoms with van der Waals surface area (Å²) < 4.78 is 6.73. The van der Waals surface area contributed by atoms with E-state index >= 15 is 0 Å². The first-order valence-electron chi connectivity index (χ1n) is 4.07. The van der Waals surface area contributed by atoms with Crippen molar-refractivity contribution in [3.05, 3.63) is 20.8 Å². The first-order valence-corrected chi connectivity index (χ1v) is 5.74. The lowest BCUT2D eigenvalue weighted by molar-refractivity contribution is 0.0525. The second-order valence-corrected chi connectivity index (χ2v) is 4.67. The highest BCUT2D eigenvalue weighted by Gasteiger charge is 2.01. The van der Waals surface area contributed by atoms with Crippen LogP contribution in [0.1, 0.15) is 25.1 Å². The maximum Gasteiger partial charge on any atom is 0.0813 e. The maximum atomic E-state index is 5.58. The van der Waals surface area contributed by atoms with Crippen LogP contribution in [0.4, 0.5) is 0 Å². The third-order valence-corrected chi connectivity index (χ3v) is 3.38. The fourth-order valence-electron chi connectivity index (χ4n) is 0.772. The van der Waals surface area contributed by atoms with Gasteiger partial charge in [0.05, 0.1) is 12.7 Å². The molecule has 0 aromatic carbocycles. The highest BCUT2D eigenvalue weighted by atomic mass is 79.9. The minimum atomic E-state index is 0.367. The van der Waals surface area contributed by atoms with Gasteiger partial charge in [0.2, 0.25) is 0 Å². The monoisotopic (exact) mass is 248 g/mol. The van der Waals surface area contributed by atoms with Gasteiger partial charge >= 0.3 is 0 Å². The Balaban J connectivity index is 2.33. The van der Waals surface area contributed by atoms with E-state index in [0.717, 1.165) is 17.5 Å². The molecule has 0 fully saturated rings. The van der Waals surface area contributed by atoms with E-state index in [-0.39, 0.29) is 0 Å². The van der Waals surface area contributed by atoms with E-state index in [4.69, 9.17) is 4.74 Å². The van der Waals surface area contributed by atoms with Gasteiger partial charge in [-0.1, -0.05) is 6.92 Å². The highest BCUT2D eigenvalue weighted by molar-refractivity contribution is 9.10. The van der Waals surface area contributed by atoms with Crippen molar-refractivity contribution in [3.63, 3.8) is 0 Å². The van der Waals surface area contributed by atoms with Crippen molar-refractivity contribution < 1.29 is 4.74 Å². The maximum absolute atomic E-state index is 5.58. The van der Waals surface area contributed by atoms with Crippen LogP contribution in [0.5, 0.6) is 0 Å². The van der Waals surface area contributed by atoms with Crippen LogP contribution in [0.2, 0.25) is 0 Å². The number of ether oxygens (including phenoxy) is 1. The second kappa shape index (κ2) is 5.00. The molecule has 0 aliphatic rings. The summed E-state index contributed by atoms with van der Waals surface area (Å²) in [5.41, 5.74) is 0.